The highest BCUT2D eigenvalue weighted by Gasteiger charge is 2.26. The van der Waals surface area contributed by atoms with E-state index in [2.05, 4.69) is 15.1 Å². The minimum absolute atomic E-state index is 0.0648. The van der Waals surface area contributed by atoms with Crippen LogP contribution in [0.5, 0.6) is 5.75 Å². The number of amides is 1. The molecule has 7 heteroatoms. The summed E-state index contributed by atoms with van der Waals surface area (Å²) in [7, 11) is 1.57. The van der Waals surface area contributed by atoms with Gasteiger partial charge in [-0.25, -0.2) is 0 Å². The van der Waals surface area contributed by atoms with Gasteiger partial charge >= 0.3 is 0 Å². The van der Waals surface area contributed by atoms with Crippen molar-refractivity contribution in [3.63, 3.8) is 0 Å². The van der Waals surface area contributed by atoms with Crippen LogP contribution in [0.25, 0.3) is 0 Å². The summed E-state index contributed by atoms with van der Waals surface area (Å²) in [6.45, 7) is 6.21. The molecule has 1 aliphatic rings. The van der Waals surface area contributed by atoms with Crippen molar-refractivity contribution in [2.24, 2.45) is 0 Å². The Kier molecular flexibility index (Phi) is 6.19. The smallest absolute Gasteiger partial charge is 0.241 e. The van der Waals surface area contributed by atoms with E-state index in [4.69, 9.17) is 20.8 Å². The normalized spacial score (nSPS) is 17.0. The van der Waals surface area contributed by atoms with Crippen LogP contribution in [-0.2, 0) is 11.3 Å². The van der Waals surface area contributed by atoms with E-state index in [0.29, 0.717) is 16.5 Å². The van der Waals surface area contributed by atoms with Crippen molar-refractivity contribution < 1.29 is 13.9 Å². The summed E-state index contributed by atoms with van der Waals surface area (Å²) in [5.74, 6) is 1.50. The summed E-state index contributed by atoms with van der Waals surface area (Å²) in [4.78, 5) is 17.2. The Labute approximate surface area is 158 Å². The molecule has 140 valence electrons. The van der Waals surface area contributed by atoms with Gasteiger partial charge in [-0.2, -0.15) is 0 Å². The lowest BCUT2D eigenvalue weighted by Gasteiger charge is -2.37. The van der Waals surface area contributed by atoms with E-state index in [1.165, 1.54) is 0 Å². The molecule has 1 aromatic carbocycles. The zero-order valence-electron chi connectivity index (χ0n) is 15.1. The van der Waals surface area contributed by atoms with E-state index in [1.54, 1.807) is 31.6 Å². The van der Waals surface area contributed by atoms with Crippen LogP contribution in [0.2, 0.25) is 5.02 Å². The number of rotatable bonds is 6. The fraction of sp³-hybridized carbons (Fsp3) is 0.421. The van der Waals surface area contributed by atoms with E-state index in [9.17, 15) is 4.79 Å². The maximum absolute atomic E-state index is 12.6. The van der Waals surface area contributed by atoms with Gasteiger partial charge in [-0.1, -0.05) is 11.6 Å². The summed E-state index contributed by atoms with van der Waals surface area (Å²) in [6.07, 6.45) is 1.70. The monoisotopic (exact) mass is 377 g/mol. The number of hydrogen-bond acceptors (Lipinski definition) is 5. The topological polar surface area (TPSA) is 58.0 Å². The van der Waals surface area contributed by atoms with Gasteiger partial charge in [0.05, 0.1) is 31.6 Å². The molecular formula is C19H24ClN3O3. The summed E-state index contributed by atoms with van der Waals surface area (Å²) in [6, 6.07) is 8.84. The SMILES string of the molecule is COc1ccc(Cl)cc1NC(=O)C(C)N1CCN(Cc2ccco2)CC1. The number of piperazine rings is 1. The predicted molar refractivity (Wildman–Crippen MR) is 102 cm³/mol. The first kappa shape index (κ1) is 18.8. The minimum atomic E-state index is -0.232. The lowest BCUT2D eigenvalue weighted by molar-refractivity contribution is -0.121. The second-order valence-corrected chi connectivity index (χ2v) is 6.84. The standard InChI is InChI=1S/C19H24ClN3O3/c1-14(19(24)21-17-12-15(20)5-6-18(17)25-2)23-9-7-22(8-10-23)13-16-4-3-11-26-16/h3-6,11-12,14H,7-10,13H2,1-2H3,(H,21,24). The fourth-order valence-electron chi connectivity index (χ4n) is 3.11. The van der Waals surface area contributed by atoms with Gasteiger partial charge in [0, 0.05) is 31.2 Å². The van der Waals surface area contributed by atoms with E-state index < -0.39 is 0 Å². The Balaban J connectivity index is 1.54. The van der Waals surface area contributed by atoms with Gasteiger partial charge < -0.3 is 14.5 Å². The van der Waals surface area contributed by atoms with Crippen LogP contribution < -0.4 is 10.1 Å². The maximum atomic E-state index is 12.6. The molecule has 0 spiro atoms. The number of halogens is 1. The zero-order valence-corrected chi connectivity index (χ0v) is 15.8. The van der Waals surface area contributed by atoms with Crippen LogP contribution >= 0.6 is 11.6 Å². The number of nitrogens with one attached hydrogen (secondary N) is 1. The number of hydrogen-bond donors (Lipinski definition) is 1. The zero-order chi connectivity index (χ0) is 18.5. The van der Waals surface area contributed by atoms with Crippen molar-refractivity contribution in [3.05, 3.63) is 47.4 Å². The van der Waals surface area contributed by atoms with Crippen molar-refractivity contribution in [2.75, 3.05) is 38.6 Å². The first-order chi connectivity index (χ1) is 12.6. The molecule has 1 aliphatic heterocycles. The van der Waals surface area contributed by atoms with Gasteiger partial charge in [-0.3, -0.25) is 14.6 Å². The molecule has 3 rings (SSSR count). The van der Waals surface area contributed by atoms with E-state index >= 15 is 0 Å². The van der Waals surface area contributed by atoms with Gasteiger partial charge in [0.2, 0.25) is 5.91 Å². The summed E-state index contributed by atoms with van der Waals surface area (Å²) < 4.78 is 10.7. The lowest BCUT2D eigenvalue weighted by atomic mass is 10.2. The quantitative estimate of drug-likeness (QED) is 0.838. The molecular weight excluding hydrogens is 354 g/mol. The van der Waals surface area contributed by atoms with E-state index in [-0.39, 0.29) is 11.9 Å². The van der Waals surface area contributed by atoms with Crippen molar-refractivity contribution in [3.8, 4) is 5.75 Å². The summed E-state index contributed by atoms with van der Waals surface area (Å²) in [5, 5.41) is 3.48. The largest absolute Gasteiger partial charge is 0.495 e. The molecule has 0 bridgehead atoms. The molecule has 2 aromatic rings. The Morgan fingerprint density at radius 3 is 2.73 bits per heavy atom. The van der Waals surface area contributed by atoms with Crippen molar-refractivity contribution in [1.29, 1.82) is 0 Å². The molecule has 1 unspecified atom stereocenters. The van der Waals surface area contributed by atoms with Crippen LogP contribution in [0.1, 0.15) is 12.7 Å². The van der Waals surface area contributed by atoms with Gasteiger partial charge in [0.25, 0.3) is 0 Å². The lowest BCUT2D eigenvalue weighted by Crippen LogP contribution is -2.52. The fourth-order valence-corrected chi connectivity index (χ4v) is 3.28. The molecule has 0 radical (unpaired) electrons. The van der Waals surface area contributed by atoms with Crippen molar-refractivity contribution >= 4 is 23.2 Å². The molecule has 0 aliphatic carbocycles. The number of carbonyl (C=O) groups excluding carboxylic acids is 1. The molecule has 1 saturated heterocycles. The summed E-state index contributed by atoms with van der Waals surface area (Å²) >= 11 is 6.03. The van der Waals surface area contributed by atoms with Crippen molar-refractivity contribution in [2.45, 2.75) is 19.5 Å². The molecule has 0 saturated carbocycles. The van der Waals surface area contributed by atoms with Crippen LogP contribution in [0, 0.1) is 0 Å². The Hall–Kier alpha value is -2.02. The third kappa shape index (κ3) is 4.58. The second-order valence-electron chi connectivity index (χ2n) is 6.40. The number of furan rings is 1. The van der Waals surface area contributed by atoms with Crippen LogP contribution in [0.3, 0.4) is 0 Å². The van der Waals surface area contributed by atoms with E-state index in [1.807, 2.05) is 19.1 Å². The highest BCUT2D eigenvalue weighted by Crippen LogP contribution is 2.28. The van der Waals surface area contributed by atoms with Gasteiger partial charge in [0.1, 0.15) is 11.5 Å². The molecule has 1 N–H and O–H groups in total. The van der Waals surface area contributed by atoms with Gasteiger partial charge in [-0.15, -0.1) is 0 Å². The van der Waals surface area contributed by atoms with Crippen molar-refractivity contribution in [1.82, 2.24) is 9.80 Å². The predicted octanol–water partition coefficient (Wildman–Crippen LogP) is 3.09. The number of anilines is 1. The molecule has 1 amide bonds. The summed E-state index contributed by atoms with van der Waals surface area (Å²) in [5.41, 5.74) is 0.591. The number of benzene rings is 1. The second kappa shape index (κ2) is 8.58. The molecule has 1 atom stereocenters. The number of ether oxygens (including phenoxy) is 1. The molecule has 26 heavy (non-hydrogen) atoms. The highest BCUT2D eigenvalue weighted by molar-refractivity contribution is 6.31. The number of nitrogens with zero attached hydrogens (tertiary/aromatic N) is 2. The Bertz CT molecular complexity index is 728. The molecule has 2 heterocycles. The van der Waals surface area contributed by atoms with Crippen LogP contribution in [-0.4, -0.2) is 55.0 Å². The third-order valence-corrected chi connectivity index (χ3v) is 4.95. The average Bonchev–Trinajstić information content (AvgIpc) is 3.15. The molecule has 6 nitrogen and oxygen atoms in total. The van der Waals surface area contributed by atoms with Crippen LogP contribution in [0.4, 0.5) is 5.69 Å². The van der Waals surface area contributed by atoms with Gasteiger partial charge in [-0.05, 0) is 37.3 Å². The first-order valence-corrected chi connectivity index (χ1v) is 9.08. The van der Waals surface area contributed by atoms with Crippen LogP contribution in [0.15, 0.2) is 41.0 Å². The first-order valence-electron chi connectivity index (χ1n) is 8.70. The maximum Gasteiger partial charge on any atom is 0.241 e. The minimum Gasteiger partial charge on any atom is -0.495 e. The third-order valence-electron chi connectivity index (χ3n) is 4.71. The molecule has 1 fully saturated rings. The number of methoxy groups -OCH3 is 1. The van der Waals surface area contributed by atoms with Gasteiger partial charge in [0.15, 0.2) is 0 Å². The molecule has 1 aromatic heterocycles. The Morgan fingerprint density at radius 2 is 2.08 bits per heavy atom. The van der Waals surface area contributed by atoms with E-state index in [0.717, 1.165) is 38.5 Å². The highest BCUT2D eigenvalue weighted by atomic mass is 35.5. The Morgan fingerprint density at radius 1 is 1.31 bits per heavy atom. The number of carbonyl (C=O) groups is 1. The average molecular weight is 378 g/mol.